The minimum Gasteiger partial charge on any atom is -0.497 e. The lowest BCUT2D eigenvalue weighted by molar-refractivity contribution is 0.414. The summed E-state index contributed by atoms with van der Waals surface area (Å²) in [7, 11) is 1.64. The van der Waals surface area contributed by atoms with Crippen LogP contribution in [0.3, 0.4) is 0 Å². The number of aryl methyl sites for hydroxylation is 1. The van der Waals surface area contributed by atoms with Gasteiger partial charge in [0.05, 0.1) is 18.5 Å². The summed E-state index contributed by atoms with van der Waals surface area (Å²) >= 11 is 3.10. The number of hydrogen-bond acceptors (Lipinski definition) is 8. The predicted octanol–water partition coefficient (Wildman–Crippen LogP) is 3.99. The largest absolute Gasteiger partial charge is 0.497 e. The highest BCUT2D eigenvalue weighted by atomic mass is 32.2. The van der Waals surface area contributed by atoms with E-state index in [9.17, 15) is 0 Å². The van der Waals surface area contributed by atoms with Gasteiger partial charge in [-0.2, -0.15) is 4.68 Å². The average molecular weight is 385 g/mol. The van der Waals surface area contributed by atoms with E-state index < -0.39 is 0 Å². The van der Waals surface area contributed by atoms with Crippen molar-refractivity contribution in [3.8, 4) is 22.2 Å². The fraction of sp³-hybridized carbons (Fsp3) is 0.176. The number of aromatic nitrogens is 5. The van der Waals surface area contributed by atoms with Crippen LogP contribution in [0, 0.1) is 6.92 Å². The van der Waals surface area contributed by atoms with Gasteiger partial charge in [-0.25, -0.2) is 4.98 Å². The highest BCUT2D eigenvalue weighted by Gasteiger charge is 2.12. The van der Waals surface area contributed by atoms with Gasteiger partial charge in [-0.1, -0.05) is 11.8 Å². The molecule has 1 aromatic carbocycles. The monoisotopic (exact) mass is 385 g/mol. The summed E-state index contributed by atoms with van der Waals surface area (Å²) < 4.78 is 12.5. The highest BCUT2D eigenvalue weighted by molar-refractivity contribution is 7.98. The predicted molar refractivity (Wildman–Crippen MR) is 99.8 cm³/mol. The van der Waals surface area contributed by atoms with Crippen molar-refractivity contribution in [3.63, 3.8) is 0 Å². The van der Waals surface area contributed by atoms with Gasteiger partial charge < -0.3 is 9.15 Å². The Bertz CT molecular complexity index is 1010. The Balaban J connectivity index is 1.47. The van der Waals surface area contributed by atoms with Gasteiger partial charge in [-0.05, 0) is 53.7 Å². The summed E-state index contributed by atoms with van der Waals surface area (Å²) in [6.45, 7) is 1.92. The first-order chi connectivity index (χ1) is 12.7. The van der Waals surface area contributed by atoms with Gasteiger partial charge in [0.15, 0.2) is 10.8 Å². The molecule has 0 unspecified atom stereocenters. The minimum absolute atomic E-state index is 0.673. The van der Waals surface area contributed by atoms with E-state index in [4.69, 9.17) is 9.15 Å². The zero-order chi connectivity index (χ0) is 17.9. The number of rotatable bonds is 6. The van der Waals surface area contributed by atoms with E-state index >= 15 is 0 Å². The lowest BCUT2D eigenvalue weighted by Gasteiger charge is -2.04. The molecule has 0 aliphatic carbocycles. The lowest BCUT2D eigenvalue weighted by atomic mass is 10.3. The molecule has 0 amide bonds. The van der Waals surface area contributed by atoms with Crippen molar-refractivity contribution < 1.29 is 9.15 Å². The molecule has 0 bridgehead atoms. The van der Waals surface area contributed by atoms with Gasteiger partial charge in [0.25, 0.3) is 0 Å². The number of methoxy groups -OCH3 is 1. The molecule has 0 fully saturated rings. The summed E-state index contributed by atoms with van der Waals surface area (Å²) in [5.74, 6) is 3.14. The van der Waals surface area contributed by atoms with Crippen molar-refractivity contribution in [2.24, 2.45) is 0 Å². The molecule has 7 nitrogen and oxygen atoms in total. The third kappa shape index (κ3) is 3.49. The van der Waals surface area contributed by atoms with Gasteiger partial charge in [0, 0.05) is 11.1 Å². The molecule has 0 radical (unpaired) electrons. The van der Waals surface area contributed by atoms with Gasteiger partial charge in [0.2, 0.25) is 5.16 Å². The van der Waals surface area contributed by atoms with E-state index in [0.29, 0.717) is 10.9 Å². The summed E-state index contributed by atoms with van der Waals surface area (Å²) in [5, 5.41) is 15.6. The quantitative estimate of drug-likeness (QED) is 0.464. The molecule has 0 saturated carbocycles. The number of thioether (sulfide) groups is 1. The van der Waals surface area contributed by atoms with Crippen LogP contribution in [0.5, 0.6) is 5.75 Å². The van der Waals surface area contributed by atoms with E-state index in [1.54, 1.807) is 23.1 Å². The van der Waals surface area contributed by atoms with Crippen molar-refractivity contribution in [3.05, 3.63) is 53.2 Å². The van der Waals surface area contributed by atoms with E-state index in [-0.39, 0.29) is 0 Å². The van der Waals surface area contributed by atoms with Crippen molar-refractivity contribution >= 4 is 23.1 Å². The molecule has 0 atom stereocenters. The van der Waals surface area contributed by atoms with Crippen LogP contribution in [0.4, 0.5) is 0 Å². The SMILES string of the molecule is COc1ccc(-n2nnnc2SCc2csc(-c3ccc(C)o3)n2)cc1. The average Bonchev–Trinajstić information content (AvgIpc) is 3.40. The fourth-order valence-electron chi connectivity index (χ4n) is 2.33. The number of ether oxygens (including phenoxy) is 1. The molecule has 9 heteroatoms. The first kappa shape index (κ1) is 16.8. The number of furan rings is 1. The fourth-order valence-corrected chi connectivity index (χ4v) is 4.00. The summed E-state index contributed by atoms with van der Waals surface area (Å²) in [6, 6.07) is 11.5. The van der Waals surface area contributed by atoms with Crippen LogP contribution in [0.15, 0.2) is 51.4 Å². The van der Waals surface area contributed by atoms with Gasteiger partial charge in [0.1, 0.15) is 11.5 Å². The van der Waals surface area contributed by atoms with Crippen molar-refractivity contribution in [2.45, 2.75) is 17.8 Å². The Morgan fingerprint density at radius 1 is 1.19 bits per heavy atom. The molecule has 3 heterocycles. The maximum Gasteiger partial charge on any atom is 0.214 e. The van der Waals surface area contributed by atoms with Crippen LogP contribution in [0.1, 0.15) is 11.5 Å². The molecule has 0 spiro atoms. The normalized spacial score (nSPS) is 11.0. The highest BCUT2D eigenvalue weighted by Crippen LogP contribution is 2.29. The molecule has 0 saturated heterocycles. The van der Waals surface area contributed by atoms with Crippen LogP contribution in [0.2, 0.25) is 0 Å². The number of benzene rings is 1. The first-order valence-electron chi connectivity index (χ1n) is 7.80. The van der Waals surface area contributed by atoms with Gasteiger partial charge in [-0.3, -0.25) is 0 Å². The zero-order valence-corrected chi connectivity index (χ0v) is 15.8. The third-order valence-corrected chi connectivity index (χ3v) is 5.47. The molecule has 4 rings (SSSR count). The lowest BCUT2D eigenvalue weighted by Crippen LogP contribution is -1.99. The van der Waals surface area contributed by atoms with Crippen molar-refractivity contribution in [1.82, 2.24) is 25.2 Å². The van der Waals surface area contributed by atoms with Crippen LogP contribution in [0.25, 0.3) is 16.5 Å². The standard InChI is InChI=1S/C17H15N5O2S2/c1-11-3-8-15(24-11)16-18-12(9-25-16)10-26-17-19-20-21-22(17)13-4-6-14(23-2)7-5-13/h3-9H,10H2,1-2H3. The second-order valence-electron chi connectivity index (χ2n) is 5.41. The Hall–Kier alpha value is -2.65. The Kier molecular flexibility index (Phi) is 4.72. The topological polar surface area (TPSA) is 78.9 Å². The summed E-state index contributed by atoms with van der Waals surface area (Å²) in [4.78, 5) is 4.63. The third-order valence-electron chi connectivity index (χ3n) is 3.61. The van der Waals surface area contributed by atoms with Crippen LogP contribution >= 0.6 is 23.1 Å². The van der Waals surface area contributed by atoms with Crippen LogP contribution in [-0.2, 0) is 5.75 Å². The van der Waals surface area contributed by atoms with E-state index in [1.807, 2.05) is 48.7 Å². The van der Waals surface area contributed by atoms with Gasteiger partial charge in [-0.15, -0.1) is 16.4 Å². The number of nitrogens with zero attached hydrogens (tertiary/aromatic N) is 5. The second-order valence-corrected chi connectivity index (χ2v) is 7.21. The van der Waals surface area contributed by atoms with Gasteiger partial charge >= 0.3 is 0 Å². The Morgan fingerprint density at radius 2 is 2.04 bits per heavy atom. The molecule has 3 aromatic heterocycles. The molecule has 26 heavy (non-hydrogen) atoms. The molecule has 4 aromatic rings. The zero-order valence-electron chi connectivity index (χ0n) is 14.1. The van der Waals surface area contributed by atoms with Crippen molar-refractivity contribution in [1.29, 1.82) is 0 Å². The van der Waals surface area contributed by atoms with Crippen molar-refractivity contribution in [2.75, 3.05) is 7.11 Å². The molecule has 0 aliphatic heterocycles. The van der Waals surface area contributed by atoms with E-state index in [0.717, 1.165) is 33.7 Å². The summed E-state index contributed by atoms with van der Waals surface area (Å²) in [5.41, 5.74) is 1.84. The maximum atomic E-state index is 5.62. The second kappa shape index (κ2) is 7.30. The molecule has 0 N–H and O–H groups in total. The number of hydrogen-bond donors (Lipinski definition) is 0. The number of thiazole rings is 1. The molecule has 132 valence electrons. The van der Waals surface area contributed by atoms with Crippen LogP contribution < -0.4 is 4.74 Å². The minimum atomic E-state index is 0.673. The first-order valence-corrected chi connectivity index (χ1v) is 9.66. The molecule has 0 aliphatic rings. The van der Waals surface area contributed by atoms with Crippen LogP contribution in [-0.4, -0.2) is 32.3 Å². The maximum absolute atomic E-state index is 5.62. The smallest absolute Gasteiger partial charge is 0.214 e. The molecular formula is C17H15N5O2S2. The summed E-state index contributed by atoms with van der Waals surface area (Å²) in [6.07, 6.45) is 0. The number of tetrazole rings is 1. The Morgan fingerprint density at radius 3 is 2.77 bits per heavy atom. The van der Waals surface area contributed by atoms with E-state index in [2.05, 4.69) is 20.5 Å². The van der Waals surface area contributed by atoms with E-state index in [1.165, 1.54) is 11.8 Å². The molecular weight excluding hydrogens is 370 g/mol. The Labute approximate surface area is 158 Å².